The number of benzene rings is 1. The van der Waals surface area contributed by atoms with Crippen LogP contribution in [-0.4, -0.2) is 44.0 Å². The first-order valence-corrected chi connectivity index (χ1v) is 6.17. The fourth-order valence-electron chi connectivity index (χ4n) is 1.71. The molecule has 0 aliphatic rings. The molecule has 0 radical (unpaired) electrons. The van der Waals surface area contributed by atoms with Crippen LogP contribution in [0.5, 0.6) is 0 Å². The van der Waals surface area contributed by atoms with Crippen LogP contribution in [0, 0.1) is 5.82 Å². The fourth-order valence-corrected chi connectivity index (χ4v) is 1.71. The number of methoxy groups -OCH3 is 1. The van der Waals surface area contributed by atoms with E-state index in [1.807, 2.05) is 6.92 Å². The number of carbonyl (C=O) groups excluding carboxylic acids is 1. The number of ketones is 1. The van der Waals surface area contributed by atoms with E-state index in [4.69, 9.17) is 4.74 Å². The van der Waals surface area contributed by atoms with Crippen LogP contribution < -0.4 is 0 Å². The zero-order chi connectivity index (χ0) is 13.4. The zero-order valence-electron chi connectivity index (χ0n) is 11.0. The smallest absolute Gasteiger partial charge is 0.164 e. The van der Waals surface area contributed by atoms with Crippen molar-refractivity contribution < 1.29 is 13.9 Å². The number of hydrogen-bond acceptors (Lipinski definition) is 3. The molecule has 1 aromatic rings. The van der Waals surface area contributed by atoms with Crippen molar-refractivity contribution in [2.75, 3.05) is 33.4 Å². The largest absolute Gasteiger partial charge is 0.383 e. The van der Waals surface area contributed by atoms with E-state index in [0.717, 1.165) is 13.1 Å². The lowest BCUT2D eigenvalue weighted by molar-refractivity contribution is 0.0951. The molecule has 100 valence electrons. The van der Waals surface area contributed by atoms with Gasteiger partial charge in [0.2, 0.25) is 0 Å². The Labute approximate surface area is 108 Å². The van der Waals surface area contributed by atoms with Gasteiger partial charge in [-0.15, -0.1) is 0 Å². The second kappa shape index (κ2) is 7.95. The topological polar surface area (TPSA) is 29.5 Å². The van der Waals surface area contributed by atoms with Crippen LogP contribution in [0.15, 0.2) is 24.3 Å². The van der Waals surface area contributed by atoms with E-state index in [9.17, 15) is 9.18 Å². The molecule has 4 heteroatoms. The normalized spacial score (nSPS) is 10.9. The Hall–Kier alpha value is -1.26. The molecule has 0 fully saturated rings. The maximum atomic E-state index is 13.0. The molecular formula is C14H20FNO2. The van der Waals surface area contributed by atoms with E-state index >= 15 is 0 Å². The molecule has 1 rings (SSSR count). The summed E-state index contributed by atoms with van der Waals surface area (Å²) < 4.78 is 18.0. The number of Topliss-reactive ketones (excluding diaryl/α,β-unsaturated/α-hetero) is 1. The molecular weight excluding hydrogens is 233 g/mol. The molecule has 0 aliphatic carbocycles. The molecule has 0 atom stereocenters. The maximum absolute atomic E-state index is 13.0. The number of hydrogen-bond donors (Lipinski definition) is 0. The lowest BCUT2D eigenvalue weighted by atomic mass is 10.1. The number of likely N-dealkylation sites (N-methyl/N-ethyl adjacent to an activating group) is 1. The highest BCUT2D eigenvalue weighted by Crippen LogP contribution is 2.07. The molecule has 0 aromatic heterocycles. The molecule has 0 heterocycles. The van der Waals surface area contributed by atoms with Crippen molar-refractivity contribution in [2.24, 2.45) is 0 Å². The Morgan fingerprint density at radius 2 is 2.17 bits per heavy atom. The third-order valence-corrected chi connectivity index (χ3v) is 2.86. The van der Waals surface area contributed by atoms with Gasteiger partial charge < -0.3 is 9.64 Å². The minimum Gasteiger partial charge on any atom is -0.383 e. The molecule has 0 saturated carbocycles. The van der Waals surface area contributed by atoms with Crippen LogP contribution in [0.1, 0.15) is 23.7 Å². The molecule has 0 N–H and O–H groups in total. The van der Waals surface area contributed by atoms with E-state index in [1.54, 1.807) is 19.2 Å². The van der Waals surface area contributed by atoms with Gasteiger partial charge in [-0.25, -0.2) is 4.39 Å². The quantitative estimate of drug-likeness (QED) is 0.666. The first-order valence-electron chi connectivity index (χ1n) is 6.17. The first kappa shape index (κ1) is 14.8. The van der Waals surface area contributed by atoms with Crippen molar-refractivity contribution in [2.45, 2.75) is 13.3 Å². The van der Waals surface area contributed by atoms with Gasteiger partial charge in [0, 0.05) is 32.2 Å². The van der Waals surface area contributed by atoms with Gasteiger partial charge in [-0.1, -0.05) is 19.1 Å². The summed E-state index contributed by atoms with van der Waals surface area (Å²) in [7, 11) is 1.66. The number of carbonyl (C=O) groups is 1. The van der Waals surface area contributed by atoms with Crippen molar-refractivity contribution in [1.29, 1.82) is 0 Å². The predicted octanol–water partition coefficient (Wildman–Crippen LogP) is 2.37. The van der Waals surface area contributed by atoms with Crippen LogP contribution in [0.4, 0.5) is 4.39 Å². The standard InChI is InChI=1S/C14H20FNO2/c1-3-16(9-10-18-2)8-7-14(17)12-5-4-6-13(15)11-12/h4-6,11H,3,7-10H2,1-2H3. The summed E-state index contributed by atoms with van der Waals surface area (Å²) in [6.07, 6.45) is 0.404. The number of ether oxygens (including phenoxy) is 1. The van der Waals surface area contributed by atoms with E-state index < -0.39 is 0 Å². The average molecular weight is 253 g/mol. The van der Waals surface area contributed by atoms with Gasteiger partial charge >= 0.3 is 0 Å². The highest BCUT2D eigenvalue weighted by atomic mass is 19.1. The maximum Gasteiger partial charge on any atom is 0.164 e. The van der Waals surface area contributed by atoms with Crippen molar-refractivity contribution in [3.63, 3.8) is 0 Å². The third-order valence-electron chi connectivity index (χ3n) is 2.86. The first-order chi connectivity index (χ1) is 8.67. The van der Waals surface area contributed by atoms with Gasteiger partial charge in [-0.3, -0.25) is 4.79 Å². The van der Waals surface area contributed by atoms with Gasteiger partial charge in [0.1, 0.15) is 5.82 Å². The molecule has 3 nitrogen and oxygen atoms in total. The summed E-state index contributed by atoms with van der Waals surface area (Å²) in [5, 5.41) is 0. The SMILES string of the molecule is CCN(CCOC)CCC(=O)c1cccc(F)c1. The fraction of sp³-hybridized carbons (Fsp3) is 0.500. The van der Waals surface area contributed by atoms with Gasteiger partial charge in [0.25, 0.3) is 0 Å². The number of halogens is 1. The minimum absolute atomic E-state index is 0.0228. The molecule has 0 amide bonds. The van der Waals surface area contributed by atoms with Crippen molar-refractivity contribution in [3.8, 4) is 0 Å². The van der Waals surface area contributed by atoms with Crippen LogP contribution in [0.3, 0.4) is 0 Å². The number of nitrogens with zero attached hydrogens (tertiary/aromatic N) is 1. The van der Waals surface area contributed by atoms with E-state index in [1.165, 1.54) is 12.1 Å². The van der Waals surface area contributed by atoms with Crippen LogP contribution in [0.2, 0.25) is 0 Å². The van der Waals surface area contributed by atoms with Crippen molar-refractivity contribution in [3.05, 3.63) is 35.6 Å². The molecule has 18 heavy (non-hydrogen) atoms. The highest BCUT2D eigenvalue weighted by molar-refractivity contribution is 5.96. The highest BCUT2D eigenvalue weighted by Gasteiger charge is 2.09. The summed E-state index contributed by atoms with van der Waals surface area (Å²) in [5.41, 5.74) is 0.442. The predicted molar refractivity (Wildman–Crippen MR) is 69.3 cm³/mol. The van der Waals surface area contributed by atoms with E-state index in [-0.39, 0.29) is 11.6 Å². The monoisotopic (exact) mass is 253 g/mol. The van der Waals surface area contributed by atoms with E-state index in [0.29, 0.717) is 25.1 Å². The summed E-state index contributed by atoms with van der Waals surface area (Å²) in [6.45, 7) is 5.06. The van der Waals surface area contributed by atoms with Gasteiger partial charge in [0.15, 0.2) is 5.78 Å². The van der Waals surface area contributed by atoms with Crippen molar-refractivity contribution >= 4 is 5.78 Å². The summed E-state index contributed by atoms with van der Waals surface area (Å²) in [5.74, 6) is -0.391. The molecule has 1 aromatic carbocycles. The summed E-state index contributed by atoms with van der Waals surface area (Å²) in [4.78, 5) is 14.0. The Morgan fingerprint density at radius 3 is 2.78 bits per heavy atom. The summed E-state index contributed by atoms with van der Waals surface area (Å²) in [6, 6.07) is 5.84. The number of rotatable bonds is 8. The van der Waals surface area contributed by atoms with Gasteiger partial charge in [-0.05, 0) is 18.7 Å². The Morgan fingerprint density at radius 1 is 1.39 bits per heavy atom. The Kier molecular flexibility index (Phi) is 6.54. The molecule has 0 aliphatic heterocycles. The summed E-state index contributed by atoms with van der Waals surface area (Å²) >= 11 is 0. The van der Waals surface area contributed by atoms with Crippen LogP contribution in [0.25, 0.3) is 0 Å². The third kappa shape index (κ3) is 4.94. The Bertz CT molecular complexity index is 382. The zero-order valence-corrected chi connectivity index (χ0v) is 11.0. The van der Waals surface area contributed by atoms with Crippen LogP contribution >= 0.6 is 0 Å². The lowest BCUT2D eigenvalue weighted by Crippen LogP contribution is -2.29. The van der Waals surface area contributed by atoms with Crippen LogP contribution in [-0.2, 0) is 4.74 Å². The van der Waals surface area contributed by atoms with Gasteiger partial charge in [-0.2, -0.15) is 0 Å². The lowest BCUT2D eigenvalue weighted by Gasteiger charge is -2.19. The minimum atomic E-state index is -0.368. The average Bonchev–Trinajstić information content (AvgIpc) is 2.38. The van der Waals surface area contributed by atoms with Crippen molar-refractivity contribution in [1.82, 2.24) is 4.90 Å². The molecule has 0 bridgehead atoms. The Balaban J connectivity index is 2.44. The molecule has 0 spiro atoms. The second-order valence-electron chi connectivity index (χ2n) is 4.11. The van der Waals surface area contributed by atoms with E-state index in [2.05, 4.69) is 4.90 Å². The van der Waals surface area contributed by atoms with Gasteiger partial charge in [0.05, 0.1) is 6.61 Å². The molecule has 0 saturated heterocycles. The molecule has 0 unspecified atom stereocenters. The second-order valence-corrected chi connectivity index (χ2v) is 4.11.